The molecule has 1 aromatic carbocycles. The van der Waals surface area contributed by atoms with Gasteiger partial charge in [0, 0.05) is 49.6 Å². The molecule has 0 radical (unpaired) electrons. The number of anilines is 1. The van der Waals surface area contributed by atoms with E-state index in [1.54, 1.807) is 9.80 Å². The van der Waals surface area contributed by atoms with E-state index in [2.05, 4.69) is 4.72 Å². The summed E-state index contributed by atoms with van der Waals surface area (Å²) in [5.74, 6) is 0.0295. The van der Waals surface area contributed by atoms with E-state index in [4.69, 9.17) is 14.2 Å². The molecule has 0 saturated carbocycles. The van der Waals surface area contributed by atoms with Crippen LogP contribution in [0.4, 0.5) is 10.5 Å². The molecule has 2 aliphatic heterocycles. The molecule has 160 valence electrons. The second-order valence-electron chi connectivity index (χ2n) is 6.74. The molecule has 3 rings (SSSR count). The minimum Gasteiger partial charge on any atom is -0.755 e. The maximum atomic E-state index is 12.8. The molecular formula is C18H24N3O7S-. The zero-order chi connectivity index (χ0) is 20.8. The third-order valence-corrected chi connectivity index (χ3v) is 5.27. The molecule has 29 heavy (non-hydrogen) atoms. The van der Waals surface area contributed by atoms with Crippen LogP contribution in [0.15, 0.2) is 18.2 Å². The Balaban J connectivity index is 1.52. The van der Waals surface area contributed by atoms with Gasteiger partial charge >= 0.3 is 6.09 Å². The number of benzene rings is 1. The Bertz CT molecular complexity index is 762. The lowest BCUT2D eigenvalue weighted by molar-refractivity contribution is 0.0225. The van der Waals surface area contributed by atoms with Gasteiger partial charge in [-0.05, 0) is 31.0 Å². The van der Waals surface area contributed by atoms with Crippen LogP contribution in [-0.4, -0.2) is 83.2 Å². The van der Waals surface area contributed by atoms with Crippen LogP contribution in [0.2, 0.25) is 0 Å². The third-order valence-electron chi connectivity index (χ3n) is 4.88. The molecule has 2 unspecified atom stereocenters. The molecule has 2 amide bonds. The van der Waals surface area contributed by atoms with E-state index in [9.17, 15) is 18.4 Å². The van der Waals surface area contributed by atoms with Crippen molar-refractivity contribution in [3.05, 3.63) is 23.8 Å². The highest BCUT2D eigenvalue weighted by molar-refractivity contribution is 7.80. The van der Waals surface area contributed by atoms with E-state index in [1.165, 1.54) is 25.3 Å². The summed E-state index contributed by atoms with van der Waals surface area (Å²) in [7, 11) is 1.39. The fraction of sp³-hybridized carbons (Fsp3) is 0.556. The lowest BCUT2D eigenvalue weighted by Gasteiger charge is -2.34. The molecule has 0 spiro atoms. The Hall–Kier alpha value is -2.37. The van der Waals surface area contributed by atoms with Crippen LogP contribution < -0.4 is 9.46 Å². The van der Waals surface area contributed by atoms with Crippen molar-refractivity contribution in [1.82, 2.24) is 9.80 Å². The van der Waals surface area contributed by atoms with Crippen LogP contribution in [0.1, 0.15) is 23.2 Å². The number of methoxy groups -OCH3 is 1. The number of nitrogens with zero attached hydrogens (tertiary/aromatic N) is 2. The maximum Gasteiger partial charge on any atom is 0.409 e. The second kappa shape index (κ2) is 9.90. The Morgan fingerprint density at radius 1 is 1.28 bits per heavy atom. The van der Waals surface area contributed by atoms with E-state index >= 15 is 0 Å². The van der Waals surface area contributed by atoms with Gasteiger partial charge in [-0.25, -0.2) is 4.79 Å². The molecule has 2 heterocycles. The Labute approximate surface area is 171 Å². The first-order valence-electron chi connectivity index (χ1n) is 9.34. The van der Waals surface area contributed by atoms with Crippen molar-refractivity contribution < 1.29 is 32.6 Å². The number of ether oxygens (including phenoxy) is 3. The number of carbonyl (C=O) groups excluding carboxylic acids is 2. The summed E-state index contributed by atoms with van der Waals surface area (Å²) < 4.78 is 39.8. The quantitative estimate of drug-likeness (QED) is 0.673. The molecule has 1 N–H and O–H groups in total. The number of hydrogen-bond acceptors (Lipinski definition) is 7. The highest BCUT2D eigenvalue weighted by Gasteiger charge is 2.27. The lowest BCUT2D eigenvalue weighted by atomic mass is 10.1. The molecule has 10 nitrogen and oxygen atoms in total. The summed E-state index contributed by atoms with van der Waals surface area (Å²) in [6.07, 6.45) is 1.47. The zero-order valence-electron chi connectivity index (χ0n) is 16.1. The van der Waals surface area contributed by atoms with E-state index in [-0.39, 0.29) is 30.1 Å². The summed E-state index contributed by atoms with van der Waals surface area (Å²) in [4.78, 5) is 28.2. The van der Waals surface area contributed by atoms with E-state index in [0.717, 1.165) is 12.8 Å². The zero-order valence-corrected chi connectivity index (χ0v) is 16.9. The number of amides is 2. The van der Waals surface area contributed by atoms with Gasteiger partial charge in [-0.15, -0.1) is 0 Å². The molecule has 0 aromatic heterocycles. The molecule has 0 bridgehead atoms. The molecule has 2 aliphatic rings. The highest BCUT2D eigenvalue weighted by atomic mass is 32.2. The largest absolute Gasteiger partial charge is 0.755 e. The highest BCUT2D eigenvalue weighted by Crippen LogP contribution is 2.26. The first-order valence-corrected chi connectivity index (χ1v) is 10.4. The van der Waals surface area contributed by atoms with E-state index in [0.29, 0.717) is 38.3 Å². The first kappa shape index (κ1) is 21.3. The SMILES string of the molecule is COc1cc(C(=O)N2CCN(C(=O)OCC3CCCO3)CC2)ccc1NS(=O)[O-]. The van der Waals surface area contributed by atoms with Crippen LogP contribution >= 0.6 is 0 Å². The van der Waals surface area contributed by atoms with Crippen molar-refractivity contribution in [2.45, 2.75) is 18.9 Å². The van der Waals surface area contributed by atoms with Crippen molar-refractivity contribution in [3.63, 3.8) is 0 Å². The number of carbonyl (C=O) groups is 2. The number of nitrogens with one attached hydrogen (secondary N) is 1. The summed E-state index contributed by atoms with van der Waals surface area (Å²) in [6.45, 7) is 2.47. The van der Waals surface area contributed by atoms with Gasteiger partial charge in [0.2, 0.25) is 0 Å². The minimum absolute atomic E-state index is 0.0201. The van der Waals surface area contributed by atoms with Crippen molar-refractivity contribution in [3.8, 4) is 5.75 Å². The van der Waals surface area contributed by atoms with Gasteiger partial charge < -0.3 is 33.3 Å². The summed E-state index contributed by atoms with van der Waals surface area (Å²) >= 11 is -2.49. The molecule has 1 aromatic rings. The number of piperazine rings is 1. The average molecular weight is 426 g/mol. The number of hydrogen-bond donors (Lipinski definition) is 1. The maximum absolute atomic E-state index is 12.8. The average Bonchev–Trinajstić information content (AvgIpc) is 3.25. The predicted octanol–water partition coefficient (Wildman–Crippen LogP) is 0.975. The molecule has 0 aliphatic carbocycles. The minimum atomic E-state index is -2.49. The van der Waals surface area contributed by atoms with Crippen molar-refractivity contribution in [2.75, 3.05) is 51.2 Å². The fourth-order valence-electron chi connectivity index (χ4n) is 3.30. The van der Waals surface area contributed by atoms with Gasteiger partial charge in [-0.3, -0.25) is 9.00 Å². The second-order valence-corrected chi connectivity index (χ2v) is 7.42. The van der Waals surface area contributed by atoms with Crippen molar-refractivity contribution in [1.29, 1.82) is 0 Å². The van der Waals surface area contributed by atoms with Crippen molar-refractivity contribution in [2.24, 2.45) is 0 Å². The molecule has 2 saturated heterocycles. The molecule has 2 atom stereocenters. The summed E-state index contributed by atoms with van der Waals surface area (Å²) in [5.41, 5.74) is 0.620. The van der Waals surface area contributed by atoms with E-state index < -0.39 is 17.4 Å². The van der Waals surface area contributed by atoms with Gasteiger partial charge in [0.05, 0.1) is 18.9 Å². The van der Waals surface area contributed by atoms with E-state index in [1.807, 2.05) is 0 Å². The lowest BCUT2D eigenvalue weighted by Crippen LogP contribution is -2.51. The van der Waals surface area contributed by atoms with Gasteiger partial charge in [0.25, 0.3) is 5.91 Å². The Kier molecular flexibility index (Phi) is 7.29. The molecular weight excluding hydrogens is 402 g/mol. The van der Waals surface area contributed by atoms with Crippen molar-refractivity contribution >= 4 is 29.0 Å². The fourth-order valence-corrected chi connectivity index (χ4v) is 3.65. The third kappa shape index (κ3) is 5.58. The normalized spacial score (nSPS) is 20.3. The van der Waals surface area contributed by atoms with Crippen LogP contribution in [0.25, 0.3) is 0 Å². The predicted molar refractivity (Wildman–Crippen MR) is 103 cm³/mol. The van der Waals surface area contributed by atoms with Gasteiger partial charge in [-0.1, -0.05) is 0 Å². The Morgan fingerprint density at radius 3 is 2.62 bits per heavy atom. The standard InChI is InChI=1S/C18H25N3O7S/c1-26-16-11-13(4-5-15(16)19-29(24)25)17(22)20-6-8-21(9-7-20)18(23)28-12-14-3-2-10-27-14/h4-5,11,14,19H,2-3,6-10,12H2,1H3,(H,24,25)/p-1. The number of rotatable bonds is 6. The Morgan fingerprint density at radius 2 is 2.00 bits per heavy atom. The first-order chi connectivity index (χ1) is 14.0. The summed E-state index contributed by atoms with van der Waals surface area (Å²) in [5, 5.41) is 0. The van der Waals surface area contributed by atoms with Gasteiger partial charge in [0.15, 0.2) is 0 Å². The topological polar surface area (TPSA) is 120 Å². The molecule has 2 fully saturated rings. The summed E-state index contributed by atoms with van der Waals surface area (Å²) in [6, 6.07) is 4.49. The van der Waals surface area contributed by atoms with Crippen LogP contribution in [0.5, 0.6) is 5.75 Å². The monoisotopic (exact) mass is 426 g/mol. The van der Waals surface area contributed by atoms with Crippen LogP contribution in [0, 0.1) is 0 Å². The molecule has 11 heteroatoms. The van der Waals surface area contributed by atoms with Gasteiger partial charge in [-0.2, -0.15) is 0 Å². The van der Waals surface area contributed by atoms with Crippen LogP contribution in [0.3, 0.4) is 0 Å². The van der Waals surface area contributed by atoms with Crippen LogP contribution in [-0.2, 0) is 20.7 Å². The smallest absolute Gasteiger partial charge is 0.409 e. The van der Waals surface area contributed by atoms with Gasteiger partial charge in [0.1, 0.15) is 12.4 Å².